The summed E-state index contributed by atoms with van der Waals surface area (Å²) >= 11 is 7.64. The molecule has 1 aromatic rings. The topological polar surface area (TPSA) is 30.5 Å². The summed E-state index contributed by atoms with van der Waals surface area (Å²) in [5, 5.41) is 6.18. The van der Waals surface area contributed by atoms with Crippen molar-refractivity contribution in [3.63, 3.8) is 0 Å². The molecule has 2 rings (SSSR count). The second-order valence-electron chi connectivity index (χ2n) is 4.20. The molecule has 1 N–H and O–H groups in total. The second kappa shape index (κ2) is 6.71. The zero-order valence-electron chi connectivity index (χ0n) is 9.95. The highest BCUT2D eigenvalue weighted by atomic mass is 35.5. The number of thiophene rings is 1. The fourth-order valence-corrected chi connectivity index (χ4v) is 3.32. The van der Waals surface area contributed by atoms with Crippen molar-refractivity contribution in [3.05, 3.63) is 21.3 Å². The Morgan fingerprint density at radius 3 is 3.24 bits per heavy atom. The highest BCUT2D eigenvalue weighted by molar-refractivity contribution is 7.10. The summed E-state index contributed by atoms with van der Waals surface area (Å²) in [5.74, 6) is 0.543. The van der Waals surface area contributed by atoms with Gasteiger partial charge in [0.25, 0.3) is 0 Å². The number of hydrogen-bond donors (Lipinski definition) is 1. The Balaban J connectivity index is 1.84. The minimum Gasteiger partial charge on any atom is -0.383 e. The van der Waals surface area contributed by atoms with E-state index >= 15 is 0 Å². The first-order valence-corrected chi connectivity index (χ1v) is 7.12. The molecule has 1 fully saturated rings. The maximum atomic E-state index is 5.95. The van der Waals surface area contributed by atoms with E-state index < -0.39 is 0 Å². The van der Waals surface area contributed by atoms with Crippen molar-refractivity contribution < 1.29 is 9.47 Å². The van der Waals surface area contributed by atoms with Crippen LogP contribution in [0.15, 0.2) is 11.4 Å². The van der Waals surface area contributed by atoms with Gasteiger partial charge in [0.15, 0.2) is 0 Å². The molecule has 0 spiro atoms. The Morgan fingerprint density at radius 1 is 1.65 bits per heavy atom. The van der Waals surface area contributed by atoms with Crippen LogP contribution in [-0.4, -0.2) is 33.4 Å². The van der Waals surface area contributed by atoms with Gasteiger partial charge in [-0.1, -0.05) is 11.6 Å². The first-order valence-electron chi connectivity index (χ1n) is 5.86. The van der Waals surface area contributed by atoms with E-state index in [0.29, 0.717) is 5.92 Å². The molecule has 1 aliphatic heterocycles. The van der Waals surface area contributed by atoms with Gasteiger partial charge < -0.3 is 14.8 Å². The third kappa shape index (κ3) is 3.66. The van der Waals surface area contributed by atoms with Crippen LogP contribution in [0.1, 0.15) is 17.4 Å². The van der Waals surface area contributed by atoms with E-state index in [0.717, 1.165) is 37.7 Å². The zero-order valence-corrected chi connectivity index (χ0v) is 11.5. The van der Waals surface area contributed by atoms with E-state index in [1.54, 1.807) is 18.4 Å². The molecule has 2 atom stereocenters. The minimum absolute atomic E-state index is 0.211. The first kappa shape index (κ1) is 13.3. The second-order valence-corrected chi connectivity index (χ2v) is 5.58. The van der Waals surface area contributed by atoms with Crippen LogP contribution in [0, 0.1) is 5.92 Å². The van der Waals surface area contributed by atoms with Crippen LogP contribution < -0.4 is 5.32 Å². The third-order valence-electron chi connectivity index (χ3n) is 2.97. The molecule has 0 amide bonds. The molecule has 0 aliphatic carbocycles. The maximum absolute atomic E-state index is 5.95. The van der Waals surface area contributed by atoms with Crippen molar-refractivity contribution >= 4 is 22.9 Å². The van der Waals surface area contributed by atoms with Crippen molar-refractivity contribution in [3.8, 4) is 0 Å². The van der Waals surface area contributed by atoms with Gasteiger partial charge in [0.05, 0.1) is 17.7 Å². The molecular formula is C12H18ClNO2S. The molecule has 0 saturated carbocycles. The van der Waals surface area contributed by atoms with Crippen LogP contribution >= 0.6 is 22.9 Å². The fraction of sp³-hybridized carbons (Fsp3) is 0.667. The molecule has 2 unspecified atom stereocenters. The minimum atomic E-state index is 0.211. The van der Waals surface area contributed by atoms with Gasteiger partial charge in [0.2, 0.25) is 0 Å². The lowest BCUT2D eigenvalue weighted by molar-refractivity contribution is 0.0927. The average molecular weight is 276 g/mol. The van der Waals surface area contributed by atoms with E-state index in [9.17, 15) is 0 Å². The van der Waals surface area contributed by atoms with Gasteiger partial charge in [-0.3, -0.25) is 0 Å². The van der Waals surface area contributed by atoms with Crippen LogP contribution in [0.4, 0.5) is 0 Å². The van der Waals surface area contributed by atoms with Crippen LogP contribution in [-0.2, 0) is 9.47 Å². The van der Waals surface area contributed by atoms with E-state index in [1.165, 1.54) is 4.88 Å². The van der Waals surface area contributed by atoms with E-state index in [1.807, 2.05) is 11.4 Å². The van der Waals surface area contributed by atoms with Gasteiger partial charge in [-0.25, -0.2) is 0 Å². The summed E-state index contributed by atoms with van der Waals surface area (Å²) < 4.78 is 10.8. The van der Waals surface area contributed by atoms with Gasteiger partial charge in [0, 0.05) is 43.0 Å². The Kier molecular flexibility index (Phi) is 5.25. The largest absolute Gasteiger partial charge is 0.383 e. The predicted molar refractivity (Wildman–Crippen MR) is 70.9 cm³/mol. The summed E-state index contributed by atoms with van der Waals surface area (Å²) in [7, 11) is 1.72. The van der Waals surface area contributed by atoms with Gasteiger partial charge in [-0.15, -0.1) is 11.3 Å². The van der Waals surface area contributed by atoms with Gasteiger partial charge >= 0.3 is 0 Å². The predicted octanol–water partition coefficient (Wildman–Crippen LogP) is 2.72. The Hall–Kier alpha value is -0.130. The molecule has 17 heavy (non-hydrogen) atoms. The van der Waals surface area contributed by atoms with Crippen molar-refractivity contribution in [2.24, 2.45) is 5.92 Å². The van der Waals surface area contributed by atoms with Crippen LogP contribution in [0.2, 0.25) is 5.02 Å². The van der Waals surface area contributed by atoms with Gasteiger partial charge in [-0.05, 0) is 12.5 Å². The summed E-state index contributed by atoms with van der Waals surface area (Å²) in [5.41, 5.74) is 0. The van der Waals surface area contributed by atoms with Crippen LogP contribution in [0.25, 0.3) is 0 Å². The van der Waals surface area contributed by atoms with Crippen molar-refractivity contribution in [2.75, 3.05) is 33.4 Å². The highest BCUT2D eigenvalue weighted by Gasteiger charge is 2.30. The number of hydrogen-bond acceptors (Lipinski definition) is 4. The normalized spacial score (nSPS) is 24.4. The molecule has 2 heterocycles. The molecular weight excluding hydrogens is 258 g/mol. The smallest absolute Gasteiger partial charge is 0.0958 e. The lowest BCUT2D eigenvalue weighted by atomic mass is 10.0. The third-order valence-corrected chi connectivity index (χ3v) is 4.31. The SMILES string of the molecule is COCCNCC1CCOC1c1cc(Cl)cs1. The first-order chi connectivity index (χ1) is 8.31. The van der Waals surface area contributed by atoms with Gasteiger partial charge in [0.1, 0.15) is 0 Å². The van der Waals surface area contributed by atoms with Crippen LogP contribution in [0.5, 0.6) is 0 Å². The van der Waals surface area contributed by atoms with E-state index in [-0.39, 0.29) is 6.10 Å². The lowest BCUT2D eigenvalue weighted by Gasteiger charge is -2.17. The highest BCUT2D eigenvalue weighted by Crippen LogP contribution is 2.38. The molecule has 5 heteroatoms. The summed E-state index contributed by atoms with van der Waals surface area (Å²) in [6.45, 7) is 3.47. The van der Waals surface area contributed by atoms with Crippen molar-refractivity contribution in [2.45, 2.75) is 12.5 Å². The molecule has 1 saturated heterocycles. The summed E-state index contributed by atoms with van der Waals surface area (Å²) in [4.78, 5) is 1.24. The maximum Gasteiger partial charge on any atom is 0.0958 e. The summed E-state index contributed by atoms with van der Waals surface area (Å²) in [6, 6.07) is 2.02. The summed E-state index contributed by atoms with van der Waals surface area (Å²) in [6.07, 6.45) is 1.32. The van der Waals surface area contributed by atoms with E-state index in [4.69, 9.17) is 21.1 Å². The number of rotatable bonds is 6. The van der Waals surface area contributed by atoms with Crippen LogP contribution in [0.3, 0.4) is 0 Å². The zero-order chi connectivity index (χ0) is 12.1. The standard InChI is InChI=1S/C12H18ClNO2S/c1-15-5-3-14-7-9-2-4-16-12(9)11-6-10(13)8-17-11/h6,8-9,12,14H,2-5,7H2,1H3. The average Bonchev–Trinajstić information content (AvgIpc) is 2.93. The number of methoxy groups -OCH3 is 1. The molecule has 1 aliphatic rings. The Bertz CT molecular complexity index is 345. The number of nitrogens with one attached hydrogen (secondary N) is 1. The van der Waals surface area contributed by atoms with Crippen molar-refractivity contribution in [1.82, 2.24) is 5.32 Å². The van der Waals surface area contributed by atoms with E-state index in [2.05, 4.69) is 5.32 Å². The molecule has 1 aromatic heterocycles. The number of halogens is 1. The Morgan fingerprint density at radius 2 is 2.53 bits per heavy atom. The molecule has 3 nitrogen and oxygen atoms in total. The fourth-order valence-electron chi connectivity index (χ4n) is 2.10. The monoisotopic (exact) mass is 275 g/mol. The molecule has 0 radical (unpaired) electrons. The number of ether oxygens (including phenoxy) is 2. The molecule has 0 bridgehead atoms. The molecule has 0 aromatic carbocycles. The lowest BCUT2D eigenvalue weighted by Crippen LogP contribution is -2.27. The van der Waals surface area contributed by atoms with Crippen molar-refractivity contribution in [1.29, 1.82) is 0 Å². The van der Waals surface area contributed by atoms with Gasteiger partial charge in [-0.2, -0.15) is 0 Å². The Labute approximate surface area is 111 Å². The molecule has 96 valence electrons. The quantitative estimate of drug-likeness (QED) is 0.810.